The van der Waals surface area contributed by atoms with E-state index in [2.05, 4.69) is 5.32 Å². The molecule has 8 heteroatoms. The fourth-order valence-electron chi connectivity index (χ4n) is 4.73. The first-order valence-electron chi connectivity index (χ1n) is 12.4. The van der Waals surface area contributed by atoms with Crippen molar-refractivity contribution < 1.29 is 23.9 Å². The third-order valence-electron chi connectivity index (χ3n) is 6.61. The molecule has 2 aliphatic rings. The Morgan fingerprint density at radius 1 is 0.946 bits per heavy atom. The minimum absolute atomic E-state index is 0.177. The van der Waals surface area contributed by atoms with Gasteiger partial charge in [0.2, 0.25) is 5.91 Å². The van der Waals surface area contributed by atoms with Gasteiger partial charge < -0.3 is 19.7 Å². The minimum atomic E-state index is -0.839. The third kappa shape index (κ3) is 5.49. The van der Waals surface area contributed by atoms with Crippen LogP contribution in [-0.2, 0) is 20.8 Å². The number of benzene rings is 3. The van der Waals surface area contributed by atoms with Gasteiger partial charge in [-0.1, -0.05) is 60.2 Å². The lowest BCUT2D eigenvalue weighted by Crippen LogP contribution is -2.51. The molecular formula is C29H29N3O5. The van der Waals surface area contributed by atoms with Gasteiger partial charge in [-0.25, -0.2) is 4.79 Å². The molecule has 0 radical (unpaired) electrons. The maximum atomic E-state index is 13.7. The van der Waals surface area contributed by atoms with Gasteiger partial charge in [0, 0.05) is 24.3 Å². The highest BCUT2D eigenvalue weighted by Crippen LogP contribution is 2.36. The monoisotopic (exact) mass is 499 g/mol. The maximum Gasteiger partial charge on any atom is 0.411 e. The Morgan fingerprint density at radius 2 is 1.70 bits per heavy atom. The Labute approximate surface area is 215 Å². The van der Waals surface area contributed by atoms with Crippen LogP contribution in [0.3, 0.4) is 0 Å². The number of morpholine rings is 1. The van der Waals surface area contributed by atoms with Crippen LogP contribution in [0.25, 0.3) is 0 Å². The molecule has 2 saturated heterocycles. The van der Waals surface area contributed by atoms with E-state index in [0.717, 1.165) is 11.1 Å². The molecule has 0 bridgehead atoms. The lowest BCUT2D eigenvalue weighted by atomic mass is 9.99. The zero-order chi connectivity index (χ0) is 25.8. The molecule has 1 N–H and O–H groups in total. The van der Waals surface area contributed by atoms with Crippen molar-refractivity contribution in [1.82, 2.24) is 9.80 Å². The number of carbonyl (C=O) groups excluding carboxylic acids is 3. The molecule has 8 nitrogen and oxygen atoms in total. The SMILES string of the molecule is Cc1cccc(C(=O)Nc2cccc([C@H]3OC(=O)N(Cc4ccccc4)[C@@H]3C(=O)N3CCOCC3)c2)c1. The smallest absolute Gasteiger partial charge is 0.411 e. The van der Waals surface area contributed by atoms with Crippen LogP contribution in [0.2, 0.25) is 0 Å². The van der Waals surface area contributed by atoms with Gasteiger partial charge in [-0.3, -0.25) is 14.5 Å². The zero-order valence-corrected chi connectivity index (χ0v) is 20.6. The predicted molar refractivity (Wildman–Crippen MR) is 138 cm³/mol. The van der Waals surface area contributed by atoms with Crippen molar-refractivity contribution in [3.8, 4) is 0 Å². The summed E-state index contributed by atoms with van der Waals surface area (Å²) in [5.41, 5.74) is 3.63. The van der Waals surface area contributed by atoms with Crippen molar-refractivity contribution in [3.05, 3.63) is 101 Å². The molecule has 3 aromatic rings. The van der Waals surface area contributed by atoms with Crippen LogP contribution < -0.4 is 5.32 Å². The summed E-state index contributed by atoms with van der Waals surface area (Å²) in [4.78, 5) is 42.8. The number of amides is 3. The quantitative estimate of drug-likeness (QED) is 0.550. The molecule has 2 aliphatic heterocycles. The molecule has 0 aromatic heterocycles. The molecule has 37 heavy (non-hydrogen) atoms. The second-order valence-corrected chi connectivity index (χ2v) is 9.25. The Morgan fingerprint density at radius 3 is 2.46 bits per heavy atom. The first-order chi connectivity index (χ1) is 18.0. The van der Waals surface area contributed by atoms with Crippen molar-refractivity contribution in [2.45, 2.75) is 25.6 Å². The van der Waals surface area contributed by atoms with Gasteiger partial charge in [-0.2, -0.15) is 0 Å². The number of cyclic esters (lactones) is 1. The number of nitrogens with one attached hydrogen (secondary N) is 1. The summed E-state index contributed by atoms with van der Waals surface area (Å²) in [5, 5.41) is 2.91. The van der Waals surface area contributed by atoms with Crippen molar-refractivity contribution >= 4 is 23.6 Å². The van der Waals surface area contributed by atoms with Crippen LogP contribution in [0.1, 0.15) is 33.2 Å². The summed E-state index contributed by atoms with van der Waals surface area (Å²) in [6.07, 6.45) is -1.36. The molecule has 5 rings (SSSR count). The summed E-state index contributed by atoms with van der Waals surface area (Å²) in [6.45, 7) is 4.01. The van der Waals surface area contributed by atoms with Gasteiger partial charge in [0.05, 0.1) is 19.8 Å². The van der Waals surface area contributed by atoms with Crippen LogP contribution in [0.5, 0.6) is 0 Å². The van der Waals surface area contributed by atoms with Crippen molar-refractivity contribution in [1.29, 1.82) is 0 Å². The highest BCUT2D eigenvalue weighted by molar-refractivity contribution is 6.04. The molecule has 0 saturated carbocycles. The van der Waals surface area contributed by atoms with Gasteiger partial charge >= 0.3 is 6.09 Å². The minimum Gasteiger partial charge on any atom is -0.438 e. The molecule has 3 aromatic carbocycles. The summed E-state index contributed by atoms with van der Waals surface area (Å²) in [5.74, 6) is -0.416. The number of ether oxygens (including phenoxy) is 2. The third-order valence-corrected chi connectivity index (χ3v) is 6.61. The van der Waals surface area contributed by atoms with Crippen LogP contribution >= 0.6 is 0 Å². The van der Waals surface area contributed by atoms with Crippen LogP contribution in [0, 0.1) is 6.92 Å². The van der Waals surface area contributed by atoms with Gasteiger partial charge in [0.15, 0.2) is 12.1 Å². The van der Waals surface area contributed by atoms with E-state index in [-0.39, 0.29) is 18.4 Å². The highest BCUT2D eigenvalue weighted by atomic mass is 16.6. The van der Waals surface area contributed by atoms with E-state index in [1.165, 1.54) is 4.90 Å². The summed E-state index contributed by atoms with van der Waals surface area (Å²) in [6, 6.07) is 23.1. The largest absolute Gasteiger partial charge is 0.438 e. The van der Waals surface area contributed by atoms with Crippen LogP contribution in [-0.4, -0.2) is 60.1 Å². The Hall–Kier alpha value is -4.17. The predicted octanol–water partition coefficient (Wildman–Crippen LogP) is 4.17. The molecule has 3 amide bonds. The molecule has 0 aliphatic carbocycles. The van der Waals surface area contributed by atoms with E-state index in [0.29, 0.717) is 43.1 Å². The number of nitrogens with zero attached hydrogens (tertiary/aromatic N) is 2. The zero-order valence-electron chi connectivity index (χ0n) is 20.6. The molecular weight excluding hydrogens is 470 g/mol. The molecule has 2 heterocycles. The van der Waals surface area contributed by atoms with E-state index < -0.39 is 18.2 Å². The Kier molecular flexibility index (Phi) is 7.18. The van der Waals surface area contributed by atoms with E-state index in [1.807, 2.05) is 61.5 Å². The number of carbonyl (C=O) groups is 3. The van der Waals surface area contributed by atoms with Gasteiger partial charge in [0.25, 0.3) is 5.91 Å². The van der Waals surface area contributed by atoms with Crippen molar-refractivity contribution in [2.24, 2.45) is 0 Å². The lowest BCUT2D eigenvalue weighted by molar-refractivity contribution is -0.141. The van der Waals surface area contributed by atoms with Crippen LogP contribution in [0.4, 0.5) is 10.5 Å². The maximum absolute atomic E-state index is 13.7. The van der Waals surface area contributed by atoms with Crippen LogP contribution in [0.15, 0.2) is 78.9 Å². The standard InChI is InChI=1S/C29H29N3O5/c1-20-7-5-11-23(17-20)27(33)30-24-12-6-10-22(18-24)26-25(28(34)31-13-15-36-16-14-31)32(29(35)37-26)19-21-8-3-2-4-9-21/h2-12,17-18,25-26H,13-16,19H2,1H3,(H,30,33)/t25-,26+/m0/s1. The molecule has 0 spiro atoms. The summed E-state index contributed by atoms with van der Waals surface area (Å²) in [7, 11) is 0. The van der Waals surface area contributed by atoms with Gasteiger partial charge in [-0.05, 0) is 42.3 Å². The van der Waals surface area contributed by atoms with E-state index in [4.69, 9.17) is 9.47 Å². The van der Waals surface area contributed by atoms with Gasteiger partial charge in [-0.15, -0.1) is 0 Å². The second kappa shape index (κ2) is 10.8. The average Bonchev–Trinajstić information content (AvgIpc) is 3.25. The van der Waals surface area contributed by atoms with E-state index >= 15 is 0 Å². The normalized spacial score (nSPS) is 19.4. The number of hydrogen-bond donors (Lipinski definition) is 1. The first kappa shape index (κ1) is 24.5. The van der Waals surface area contributed by atoms with Crippen molar-refractivity contribution in [2.75, 3.05) is 31.6 Å². The lowest BCUT2D eigenvalue weighted by Gasteiger charge is -2.33. The number of aryl methyl sites for hydroxylation is 1. The molecule has 0 unspecified atom stereocenters. The topological polar surface area (TPSA) is 88.2 Å². The van der Waals surface area contributed by atoms with E-state index in [1.54, 1.807) is 29.2 Å². The Balaban J connectivity index is 1.43. The molecule has 190 valence electrons. The fourth-order valence-corrected chi connectivity index (χ4v) is 4.73. The van der Waals surface area contributed by atoms with Gasteiger partial charge in [0.1, 0.15) is 0 Å². The average molecular weight is 500 g/mol. The summed E-state index contributed by atoms with van der Waals surface area (Å²) < 4.78 is 11.2. The molecule has 2 fully saturated rings. The number of anilines is 1. The van der Waals surface area contributed by atoms with E-state index in [9.17, 15) is 14.4 Å². The number of hydrogen-bond acceptors (Lipinski definition) is 5. The number of rotatable bonds is 6. The molecule has 2 atom stereocenters. The van der Waals surface area contributed by atoms with Crippen molar-refractivity contribution in [3.63, 3.8) is 0 Å². The fraction of sp³-hybridized carbons (Fsp3) is 0.276. The highest BCUT2D eigenvalue weighted by Gasteiger charge is 2.48. The first-order valence-corrected chi connectivity index (χ1v) is 12.4. The second-order valence-electron chi connectivity index (χ2n) is 9.25. The Bertz CT molecular complexity index is 1290. The summed E-state index contributed by atoms with van der Waals surface area (Å²) >= 11 is 0.